The lowest BCUT2D eigenvalue weighted by Gasteiger charge is -2.28. The van der Waals surface area contributed by atoms with Gasteiger partial charge in [0.25, 0.3) is 5.56 Å². The molecule has 0 fully saturated rings. The summed E-state index contributed by atoms with van der Waals surface area (Å²) in [6, 6.07) is 12.5. The molecule has 1 aromatic heterocycles. The van der Waals surface area contributed by atoms with Crippen molar-refractivity contribution < 1.29 is 13.2 Å². The molecule has 0 saturated carbocycles. The van der Waals surface area contributed by atoms with Gasteiger partial charge < -0.3 is 4.98 Å². The van der Waals surface area contributed by atoms with E-state index in [1.54, 1.807) is 30.3 Å². The van der Waals surface area contributed by atoms with Crippen LogP contribution in [0.5, 0.6) is 0 Å². The van der Waals surface area contributed by atoms with Gasteiger partial charge in [-0.2, -0.15) is 13.2 Å². The van der Waals surface area contributed by atoms with Crippen molar-refractivity contribution in [3.05, 3.63) is 86.3 Å². The zero-order valence-corrected chi connectivity index (χ0v) is 16.0. The van der Waals surface area contributed by atoms with Gasteiger partial charge in [0.2, 0.25) is 0 Å². The Morgan fingerprint density at radius 1 is 1.10 bits per heavy atom. The van der Waals surface area contributed by atoms with Gasteiger partial charge in [0.05, 0.1) is 16.8 Å². The largest absolute Gasteiger partial charge is 0.416 e. The summed E-state index contributed by atoms with van der Waals surface area (Å²) in [5.74, 6) is 0.460. The maximum Gasteiger partial charge on any atom is 0.416 e. The van der Waals surface area contributed by atoms with E-state index >= 15 is 0 Å². The molecule has 0 spiro atoms. The molecule has 4 rings (SSSR count). The van der Waals surface area contributed by atoms with Crippen molar-refractivity contribution in [2.45, 2.75) is 25.7 Å². The molecular formula is C21H17ClF3N3O. The molecule has 0 atom stereocenters. The van der Waals surface area contributed by atoms with Gasteiger partial charge in [-0.3, -0.25) is 9.69 Å². The van der Waals surface area contributed by atoms with Crippen molar-refractivity contribution in [1.29, 1.82) is 0 Å². The van der Waals surface area contributed by atoms with Gasteiger partial charge >= 0.3 is 6.18 Å². The van der Waals surface area contributed by atoms with E-state index in [1.165, 1.54) is 12.1 Å². The number of aromatic amines is 1. The number of nitrogens with zero attached hydrogens (tertiary/aromatic N) is 2. The third-order valence-electron chi connectivity index (χ3n) is 4.98. The summed E-state index contributed by atoms with van der Waals surface area (Å²) in [7, 11) is 0. The van der Waals surface area contributed by atoms with E-state index in [0.29, 0.717) is 35.1 Å². The highest BCUT2D eigenvalue weighted by atomic mass is 35.5. The third kappa shape index (κ3) is 4.21. The smallest absolute Gasteiger partial charge is 0.306 e. The number of benzene rings is 2. The standard InChI is InChI=1S/C21H17ClF3N3O/c22-15-7-5-13(6-8-15)19-26-18-9-10-28(12-16(18)20(29)27-19)11-14-3-1-2-4-17(14)21(23,24)25/h1-8H,9-12H2,(H,26,27,29). The second-order valence-electron chi connectivity index (χ2n) is 6.96. The SMILES string of the molecule is O=c1[nH]c(-c2ccc(Cl)cc2)nc2c1CN(Cc1ccccc1C(F)(F)F)CC2. The molecule has 3 aromatic rings. The van der Waals surface area contributed by atoms with Crippen LogP contribution in [0.15, 0.2) is 53.3 Å². The molecule has 0 bridgehead atoms. The topological polar surface area (TPSA) is 49.0 Å². The lowest BCUT2D eigenvalue weighted by Crippen LogP contribution is -2.35. The normalized spacial score (nSPS) is 14.6. The fourth-order valence-electron chi connectivity index (χ4n) is 3.54. The van der Waals surface area contributed by atoms with E-state index < -0.39 is 11.7 Å². The number of halogens is 4. The average molecular weight is 420 g/mol. The highest BCUT2D eigenvalue weighted by molar-refractivity contribution is 6.30. The second-order valence-corrected chi connectivity index (χ2v) is 7.40. The Hall–Kier alpha value is -2.64. The molecule has 1 N–H and O–H groups in total. The maximum absolute atomic E-state index is 13.2. The van der Waals surface area contributed by atoms with E-state index in [0.717, 1.165) is 11.6 Å². The van der Waals surface area contributed by atoms with Crippen LogP contribution >= 0.6 is 11.6 Å². The summed E-state index contributed by atoms with van der Waals surface area (Å²) in [5.41, 5.74) is 1.21. The molecule has 0 aliphatic carbocycles. The summed E-state index contributed by atoms with van der Waals surface area (Å²) in [5, 5.41) is 0.587. The molecule has 0 amide bonds. The van der Waals surface area contributed by atoms with Crippen LogP contribution in [0.1, 0.15) is 22.4 Å². The predicted molar refractivity (Wildman–Crippen MR) is 105 cm³/mol. The fourth-order valence-corrected chi connectivity index (χ4v) is 3.66. The molecule has 29 heavy (non-hydrogen) atoms. The maximum atomic E-state index is 13.2. The monoisotopic (exact) mass is 419 g/mol. The molecular weight excluding hydrogens is 403 g/mol. The summed E-state index contributed by atoms with van der Waals surface area (Å²) in [4.78, 5) is 21.8. The van der Waals surface area contributed by atoms with E-state index in [-0.39, 0.29) is 24.2 Å². The summed E-state index contributed by atoms with van der Waals surface area (Å²) >= 11 is 5.90. The number of rotatable bonds is 3. The van der Waals surface area contributed by atoms with Crippen molar-refractivity contribution in [2.75, 3.05) is 6.54 Å². The fraction of sp³-hybridized carbons (Fsp3) is 0.238. The van der Waals surface area contributed by atoms with Crippen molar-refractivity contribution in [1.82, 2.24) is 14.9 Å². The average Bonchev–Trinajstić information content (AvgIpc) is 2.68. The molecule has 0 radical (unpaired) electrons. The number of hydrogen-bond acceptors (Lipinski definition) is 3. The van der Waals surface area contributed by atoms with Gasteiger partial charge in [-0.15, -0.1) is 0 Å². The highest BCUT2D eigenvalue weighted by Crippen LogP contribution is 2.33. The first-order valence-electron chi connectivity index (χ1n) is 9.07. The highest BCUT2D eigenvalue weighted by Gasteiger charge is 2.33. The molecule has 4 nitrogen and oxygen atoms in total. The predicted octanol–water partition coefficient (Wildman–Crippen LogP) is 4.67. The van der Waals surface area contributed by atoms with E-state index in [2.05, 4.69) is 9.97 Å². The number of H-pyrrole nitrogens is 1. The van der Waals surface area contributed by atoms with Gasteiger partial charge in [0, 0.05) is 36.6 Å². The minimum Gasteiger partial charge on any atom is -0.306 e. The number of aromatic nitrogens is 2. The van der Waals surface area contributed by atoms with Crippen molar-refractivity contribution in [2.24, 2.45) is 0 Å². The Morgan fingerprint density at radius 3 is 2.55 bits per heavy atom. The van der Waals surface area contributed by atoms with Crippen molar-refractivity contribution in [3.63, 3.8) is 0 Å². The molecule has 8 heteroatoms. The van der Waals surface area contributed by atoms with Gasteiger partial charge in [0.1, 0.15) is 5.82 Å². The first-order valence-corrected chi connectivity index (χ1v) is 9.44. The molecule has 0 unspecified atom stereocenters. The van der Waals surface area contributed by atoms with Crippen LogP contribution in [-0.4, -0.2) is 21.4 Å². The van der Waals surface area contributed by atoms with Crippen molar-refractivity contribution in [3.8, 4) is 11.4 Å². The minimum absolute atomic E-state index is 0.119. The number of nitrogens with one attached hydrogen (secondary N) is 1. The summed E-state index contributed by atoms with van der Waals surface area (Å²) in [6.45, 7) is 0.897. The van der Waals surface area contributed by atoms with Crippen LogP contribution in [-0.2, 0) is 25.7 Å². The second kappa shape index (κ2) is 7.65. The van der Waals surface area contributed by atoms with Crippen LogP contribution in [0, 0.1) is 0 Å². The Labute approximate surface area is 170 Å². The zero-order chi connectivity index (χ0) is 20.6. The third-order valence-corrected chi connectivity index (χ3v) is 5.23. The molecule has 0 saturated heterocycles. The number of hydrogen-bond donors (Lipinski definition) is 1. The first-order chi connectivity index (χ1) is 13.8. The van der Waals surface area contributed by atoms with Crippen LogP contribution in [0.25, 0.3) is 11.4 Å². The Morgan fingerprint density at radius 2 is 1.83 bits per heavy atom. The summed E-state index contributed by atoms with van der Waals surface area (Å²) in [6.07, 6.45) is -3.91. The Bertz CT molecular complexity index is 1090. The van der Waals surface area contributed by atoms with E-state index in [1.807, 2.05) is 4.90 Å². The van der Waals surface area contributed by atoms with Gasteiger partial charge in [-0.05, 0) is 35.9 Å². The lowest BCUT2D eigenvalue weighted by atomic mass is 10.0. The Kier molecular flexibility index (Phi) is 5.19. The number of fused-ring (bicyclic) bond motifs is 1. The quantitative estimate of drug-likeness (QED) is 0.671. The van der Waals surface area contributed by atoms with Gasteiger partial charge in [-0.25, -0.2) is 4.98 Å². The molecule has 2 heterocycles. The van der Waals surface area contributed by atoms with Gasteiger partial charge in [0.15, 0.2) is 0 Å². The molecule has 2 aromatic carbocycles. The van der Waals surface area contributed by atoms with Crippen LogP contribution in [0.3, 0.4) is 0 Å². The summed E-state index contributed by atoms with van der Waals surface area (Å²) < 4.78 is 39.7. The van der Waals surface area contributed by atoms with Crippen LogP contribution in [0.2, 0.25) is 5.02 Å². The first kappa shape index (κ1) is 19.7. The number of alkyl halides is 3. The van der Waals surface area contributed by atoms with E-state index in [9.17, 15) is 18.0 Å². The van der Waals surface area contributed by atoms with Gasteiger partial charge in [-0.1, -0.05) is 29.8 Å². The van der Waals surface area contributed by atoms with Crippen molar-refractivity contribution >= 4 is 11.6 Å². The van der Waals surface area contributed by atoms with Crippen LogP contribution in [0.4, 0.5) is 13.2 Å². The lowest BCUT2D eigenvalue weighted by molar-refractivity contribution is -0.138. The zero-order valence-electron chi connectivity index (χ0n) is 15.3. The minimum atomic E-state index is -4.41. The van der Waals surface area contributed by atoms with E-state index in [4.69, 9.17) is 11.6 Å². The van der Waals surface area contributed by atoms with Crippen LogP contribution < -0.4 is 5.56 Å². The molecule has 1 aliphatic rings. The molecule has 150 valence electrons. The molecule has 1 aliphatic heterocycles. The Balaban J connectivity index is 1.59.